The monoisotopic (exact) mass is 377 g/mol. The molecule has 0 amide bonds. The molecule has 2 heterocycles. The van der Waals surface area contributed by atoms with Gasteiger partial charge in [-0.15, -0.1) is 0 Å². The predicted molar refractivity (Wildman–Crippen MR) is 108 cm³/mol. The van der Waals surface area contributed by atoms with Crippen molar-refractivity contribution in [3.63, 3.8) is 0 Å². The van der Waals surface area contributed by atoms with Crippen molar-refractivity contribution in [3.05, 3.63) is 71.9 Å². The Balaban J connectivity index is 1.70. The van der Waals surface area contributed by atoms with E-state index in [9.17, 15) is 0 Å². The highest BCUT2D eigenvalue weighted by molar-refractivity contribution is 6.30. The summed E-state index contributed by atoms with van der Waals surface area (Å²) in [6, 6.07) is 18.7. The number of benzene rings is 2. The Labute approximate surface area is 161 Å². The molecule has 134 valence electrons. The second-order valence-corrected chi connectivity index (χ2v) is 6.19. The minimum absolute atomic E-state index is 0.467. The van der Waals surface area contributed by atoms with Crippen molar-refractivity contribution in [3.8, 4) is 5.75 Å². The van der Waals surface area contributed by atoms with Gasteiger partial charge in [0.15, 0.2) is 5.82 Å². The quantitative estimate of drug-likeness (QED) is 0.499. The predicted octanol–water partition coefficient (Wildman–Crippen LogP) is 5.17. The number of aromatic nitrogens is 3. The molecule has 2 aromatic carbocycles. The fraction of sp³-hybridized carbons (Fsp3) is 0.0500. The van der Waals surface area contributed by atoms with E-state index in [4.69, 9.17) is 16.3 Å². The van der Waals surface area contributed by atoms with Crippen molar-refractivity contribution in [2.75, 3.05) is 17.7 Å². The summed E-state index contributed by atoms with van der Waals surface area (Å²) in [5.74, 6) is 1.87. The van der Waals surface area contributed by atoms with Crippen LogP contribution < -0.4 is 15.4 Å². The minimum Gasteiger partial charge on any atom is -0.497 e. The Hall–Kier alpha value is -3.38. The number of methoxy groups -OCH3 is 1. The topological polar surface area (TPSA) is 72.0 Å². The maximum Gasteiger partial charge on any atom is 0.229 e. The first-order valence-electron chi connectivity index (χ1n) is 8.28. The molecule has 0 unspecified atom stereocenters. The van der Waals surface area contributed by atoms with Crippen LogP contribution in [-0.2, 0) is 0 Å². The molecule has 27 heavy (non-hydrogen) atoms. The molecule has 0 spiro atoms. The maximum absolute atomic E-state index is 5.94. The van der Waals surface area contributed by atoms with Crippen molar-refractivity contribution >= 4 is 45.8 Å². The molecule has 0 aliphatic rings. The van der Waals surface area contributed by atoms with Gasteiger partial charge in [-0.2, -0.15) is 4.98 Å². The highest BCUT2D eigenvalue weighted by atomic mass is 35.5. The van der Waals surface area contributed by atoms with E-state index in [1.807, 2.05) is 60.7 Å². The Morgan fingerprint density at radius 2 is 1.56 bits per heavy atom. The largest absolute Gasteiger partial charge is 0.497 e. The lowest BCUT2D eigenvalue weighted by Gasteiger charge is -2.11. The molecular weight excluding hydrogens is 362 g/mol. The third-order valence-corrected chi connectivity index (χ3v) is 4.16. The average Bonchev–Trinajstić information content (AvgIpc) is 2.70. The van der Waals surface area contributed by atoms with Gasteiger partial charge in [0.2, 0.25) is 5.95 Å². The standard InChI is InChI=1S/C20H16ClN5O/c1-27-16-10-8-14(9-11-16)23-19-18-17(3-2-12-22-18)25-20(26-19)24-15-6-4-13(21)5-7-15/h2-12H,1H3,(H2,23,24,25,26). The molecule has 0 radical (unpaired) electrons. The summed E-state index contributed by atoms with van der Waals surface area (Å²) in [5, 5.41) is 7.17. The first kappa shape index (κ1) is 17.1. The van der Waals surface area contributed by atoms with E-state index in [0.717, 1.165) is 22.6 Å². The Kier molecular flexibility index (Phi) is 4.72. The smallest absolute Gasteiger partial charge is 0.229 e. The molecule has 0 aliphatic carbocycles. The van der Waals surface area contributed by atoms with Crippen molar-refractivity contribution < 1.29 is 4.74 Å². The summed E-state index contributed by atoms with van der Waals surface area (Å²) in [7, 11) is 1.64. The van der Waals surface area contributed by atoms with Gasteiger partial charge in [-0.1, -0.05) is 11.6 Å². The van der Waals surface area contributed by atoms with E-state index in [1.165, 1.54) is 0 Å². The Bertz CT molecular complexity index is 1070. The van der Waals surface area contributed by atoms with Crippen LogP contribution in [0.2, 0.25) is 5.02 Å². The van der Waals surface area contributed by atoms with Gasteiger partial charge < -0.3 is 15.4 Å². The molecule has 0 saturated carbocycles. The maximum atomic E-state index is 5.94. The number of anilines is 4. The zero-order valence-corrected chi connectivity index (χ0v) is 15.2. The number of nitrogens with one attached hydrogen (secondary N) is 2. The lowest BCUT2D eigenvalue weighted by atomic mass is 10.3. The number of pyridine rings is 1. The number of fused-ring (bicyclic) bond motifs is 1. The number of hydrogen-bond acceptors (Lipinski definition) is 6. The van der Waals surface area contributed by atoms with Crippen LogP contribution in [0, 0.1) is 0 Å². The minimum atomic E-state index is 0.467. The molecule has 0 saturated heterocycles. The molecule has 0 atom stereocenters. The molecule has 0 bridgehead atoms. The number of nitrogens with zero attached hydrogens (tertiary/aromatic N) is 3. The molecule has 2 aromatic heterocycles. The number of rotatable bonds is 5. The van der Waals surface area contributed by atoms with E-state index in [2.05, 4.69) is 25.6 Å². The van der Waals surface area contributed by atoms with Crippen LogP contribution in [0.15, 0.2) is 66.9 Å². The van der Waals surface area contributed by atoms with Crippen LogP contribution in [0.1, 0.15) is 0 Å². The molecule has 4 aromatic rings. The van der Waals surface area contributed by atoms with Gasteiger partial charge >= 0.3 is 0 Å². The second-order valence-electron chi connectivity index (χ2n) is 5.75. The van der Waals surface area contributed by atoms with Crippen molar-refractivity contribution in [1.82, 2.24) is 15.0 Å². The normalized spacial score (nSPS) is 10.6. The molecule has 0 aliphatic heterocycles. The van der Waals surface area contributed by atoms with Gasteiger partial charge in [0.1, 0.15) is 11.3 Å². The lowest BCUT2D eigenvalue weighted by Crippen LogP contribution is -2.03. The first-order valence-corrected chi connectivity index (χ1v) is 8.65. The van der Waals surface area contributed by atoms with Gasteiger partial charge in [-0.05, 0) is 60.7 Å². The molecule has 6 nitrogen and oxygen atoms in total. The number of halogens is 1. The average molecular weight is 378 g/mol. The fourth-order valence-corrected chi connectivity index (χ4v) is 2.71. The molecule has 4 rings (SSSR count). The summed E-state index contributed by atoms with van der Waals surface area (Å²) in [4.78, 5) is 13.6. The van der Waals surface area contributed by atoms with Crippen LogP contribution in [-0.4, -0.2) is 22.1 Å². The van der Waals surface area contributed by atoms with Crippen LogP contribution in [0.4, 0.5) is 23.1 Å². The van der Waals surface area contributed by atoms with Crippen LogP contribution in [0.25, 0.3) is 11.0 Å². The third-order valence-electron chi connectivity index (χ3n) is 3.91. The Morgan fingerprint density at radius 1 is 0.852 bits per heavy atom. The Morgan fingerprint density at radius 3 is 2.30 bits per heavy atom. The van der Waals surface area contributed by atoms with E-state index < -0.39 is 0 Å². The van der Waals surface area contributed by atoms with Gasteiger partial charge in [-0.25, -0.2) is 4.98 Å². The van der Waals surface area contributed by atoms with Crippen molar-refractivity contribution in [1.29, 1.82) is 0 Å². The van der Waals surface area contributed by atoms with Crippen LogP contribution in [0.5, 0.6) is 5.75 Å². The lowest BCUT2D eigenvalue weighted by molar-refractivity contribution is 0.415. The van der Waals surface area contributed by atoms with Gasteiger partial charge in [-0.3, -0.25) is 4.98 Å². The van der Waals surface area contributed by atoms with Crippen molar-refractivity contribution in [2.24, 2.45) is 0 Å². The zero-order valence-electron chi connectivity index (χ0n) is 14.5. The van der Waals surface area contributed by atoms with E-state index in [1.54, 1.807) is 13.3 Å². The van der Waals surface area contributed by atoms with E-state index >= 15 is 0 Å². The molecule has 0 fully saturated rings. The summed E-state index contributed by atoms with van der Waals surface area (Å²) in [6.07, 6.45) is 1.72. The first-order chi connectivity index (χ1) is 13.2. The summed E-state index contributed by atoms with van der Waals surface area (Å²) in [5.41, 5.74) is 3.15. The highest BCUT2D eigenvalue weighted by Gasteiger charge is 2.10. The van der Waals surface area contributed by atoms with Crippen LogP contribution in [0.3, 0.4) is 0 Å². The summed E-state index contributed by atoms with van der Waals surface area (Å²) < 4.78 is 5.20. The van der Waals surface area contributed by atoms with Gasteiger partial charge in [0, 0.05) is 22.6 Å². The summed E-state index contributed by atoms with van der Waals surface area (Å²) >= 11 is 5.94. The number of ether oxygens (including phenoxy) is 1. The van der Waals surface area contributed by atoms with Crippen molar-refractivity contribution in [2.45, 2.75) is 0 Å². The second kappa shape index (κ2) is 7.47. The SMILES string of the molecule is COc1ccc(Nc2nc(Nc3ccc(Cl)cc3)nc3cccnc23)cc1. The molecular formula is C20H16ClN5O. The number of hydrogen-bond donors (Lipinski definition) is 2. The van der Waals surface area contributed by atoms with Crippen LogP contribution >= 0.6 is 11.6 Å². The molecule has 2 N–H and O–H groups in total. The van der Waals surface area contributed by atoms with Gasteiger partial charge in [0.25, 0.3) is 0 Å². The molecule has 7 heteroatoms. The van der Waals surface area contributed by atoms with E-state index in [-0.39, 0.29) is 0 Å². The zero-order chi connectivity index (χ0) is 18.6. The fourth-order valence-electron chi connectivity index (χ4n) is 2.58. The highest BCUT2D eigenvalue weighted by Crippen LogP contribution is 2.26. The third kappa shape index (κ3) is 3.91. The summed E-state index contributed by atoms with van der Waals surface area (Å²) in [6.45, 7) is 0. The van der Waals surface area contributed by atoms with E-state index in [0.29, 0.717) is 22.3 Å². The van der Waals surface area contributed by atoms with Gasteiger partial charge in [0.05, 0.1) is 12.6 Å².